The zero-order chi connectivity index (χ0) is 15.9. The molecule has 0 unspecified atom stereocenters. The fourth-order valence-electron chi connectivity index (χ4n) is 2.72. The minimum absolute atomic E-state index is 0.0551. The molecule has 0 spiro atoms. The highest BCUT2D eigenvalue weighted by atomic mass is 16.2. The summed E-state index contributed by atoms with van der Waals surface area (Å²) in [6.45, 7) is 6.28. The van der Waals surface area contributed by atoms with Crippen molar-refractivity contribution in [1.29, 1.82) is 0 Å². The number of carbonyl (C=O) groups excluding carboxylic acids is 2. The van der Waals surface area contributed by atoms with E-state index in [4.69, 9.17) is 0 Å². The Morgan fingerprint density at radius 2 is 1.82 bits per heavy atom. The predicted octanol–water partition coefficient (Wildman–Crippen LogP) is 2.24. The van der Waals surface area contributed by atoms with Gasteiger partial charge < -0.3 is 10.2 Å². The first kappa shape index (κ1) is 16.5. The zero-order valence-corrected chi connectivity index (χ0v) is 13.5. The summed E-state index contributed by atoms with van der Waals surface area (Å²) in [7, 11) is 0. The van der Waals surface area contributed by atoms with Gasteiger partial charge in [0.05, 0.1) is 6.42 Å². The molecule has 1 aromatic carbocycles. The molecule has 1 aliphatic rings. The summed E-state index contributed by atoms with van der Waals surface area (Å²) in [5.74, 6) is 0.826. The van der Waals surface area contributed by atoms with Gasteiger partial charge in [-0.05, 0) is 24.3 Å². The third-order valence-corrected chi connectivity index (χ3v) is 4.10. The largest absolute Gasteiger partial charge is 0.356 e. The quantitative estimate of drug-likeness (QED) is 0.907. The van der Waals surface area contributed by atoms with E-state index < -0.39 is 0 Å². The van der Waals surface area contributed by atoms with Crippen LogP contribution in [0, 0.1) is 11.8 Å². The Bertz CT molecular complexity index is 491. The molecule has 0 atom stereocenters. The lowest BCUT2D eigenvalue weighted by atomic mass is 9.95. The van der Waals surface area contributed by atoms with Crippen LogP contribution >= 0.6 is 0 Å². The Labute approximate surface area is 132 Å². The van der Waals surface area contributed by atoms with Gasteiger partial charge in [-0.15, -0.1) is 0 Å². The second-order valence-corrected chi connectivity index (χ2v) is 6.46. The first-order valence-electron chi connectivity index (χ1n) is 8.15. The molecule has 2 rings (SSSR count). The molecule has 1 heterocycles. The van der Waals surface area contributed by atoms with Crippen molar-refractivity contribution in [2.24, 2.45) is 11.8 Å². The highest BCUT2D eigenvalue weighted by Gasteiger charge is 2.27. The van der Waals surface area contributed by atoms with Crippen molar-refractivity contribution in [1.82, 2.24) is 10.2 Å². The van der Waals surface area contributed by atoms with E-state index in [0.29, 0.717) is 25.4 Å². The maximum Gasteiger partial charge on any atom is 0.226 e. The van der Waals surface area contributed by atoms with Gasteiger partial charge in [0.25, 0.3) is 0 Å². The van der Waals surface area contributed by atoms with Gasteiger partial charge >= 0.3 is 0 Å². The van der Waals surface area contributed by atoms with Crippen LogP contribution in [0.15, 0.2) is 30.3 Å². The molecule has 0 radical (unpaired) electrons. The summed E-state index contributed by atoms with van der Waals surface area (Å²) in [6.07, 6.45) is 1.99. The Balaban J connectivity index is 1.77. The molecule has 4 heteroatoms. The van der Waals surface area contributed by atoms with Gasteiger partial charge in [0.2, 0.25) is 11.8 Å². The summed E-state index contributed by atoms with van der Waals surface area (Å²) in [5.41, 5.74) is 1.05. The average Bonchev–Trinajstić information content (AvgIpc) is 2.53. The summed E-state index contributed by atoms with van der Waals surface area (Å²) in [6, 6.07) is 9.81. The molecular formula is C18H26N2O2. The lowest BCUT2D eigenvalue weighted by molar-refractivity contribution is -0.135. The average molecular weight is 302 g/mol. The van der Waals surface area contributed by atoms with Crippen molar-refractivity contribution in [3.05, 3.63) is 35.9 Å². The topological polar surface area (TPSA) is 49.4 Å². The normalized spacial score (nSPS) is 15.9. The molecule has 22 heavy (non-hydrogen) atoms. The van der Waals surface area contributed by atoms with Crippen molar-refractivity contribution < 1.29 is 9.59 Å². The molecule has 1 aromatic rings. The minimum Gasteiger partial charge on any atom is -0.356 e. The molecule has 1 aliphatic heterocycles. The molecule has 120 valence electrons. The van der Waals surface area contributed by atoms with Gasteiger partial charge in [-0.1, -0.05) is 44.2 Å². The van der Waals surface area contributed by atoms with E-state index in [1.807, 2.05) is 35.2 Å². The zero-order valence-electron chi connectivity index (χ0n) is 13.5. The van der Waals surface area contributed by atoms with E-state index >= 15 is 0 Å². The second kappa shape index (κ2) is 7.97. The molecule has 2 amide bonds. The van der Waals surface area contributed by atoms with Crippen LogP contribution in [-0.4, -0.2) is 36.3 Å². The number of carbonyl (C=O) groups is 2. The lowest BCUT2D eigenvalue weighted by Crippen LogP contribution is -2.44. The molecule has 0 aliphatic carbocycles. The van der Waals surface area contributed by atoms with Crippen LogP contribution in [0.3, 0.4) is 0 Å². The monoisotopic (exact) mass is 302 g/mol. The van der Waals surface area contributed by atoms with E-state index in [2.05, 4.69) is 19.2 Å². The summed E-state index contributed by atoms with van der Waals surface area (Å²) < 4.78 is 0. The summed E-state index contributed by atoms with van der Waals surface area (Å²) >= 11 is 0. The van der Waals surface area contributed by atoms with Gasteiger partial charge in [0.1, 0.15) is 0 Å². The molecule has 1 saturated heterocycles. The minimum atomic E-state index is 0.0551. The third-order valence-electron chi connectivity index (χ3n) is 4.10. The molecule has 0 bridgehead atoms. The van der Waals surface area contributed by atoms with E-state index in [9.17, 15) is 9.59 Å². The number of hydrogen-bond donors (Lipinski definition) is 1. The van der Waals surface area contributed by atoms with Crippen molar-refractivity contribution in [3.63, 3.8) is 0 Å². The molecule has 0 aromatic heterocycles. The van der Waals surface area contributed by atoms with E-state index in [1.165, 1.54) is 0 Å². The smallest absolute Gasteiger partial charge is 0.226 e. The van der Waals surface area contributed by atoms with Crippen LogP contribution < -0.4 is 5.32 Å². The van der Waals surface area contributed by atoms with Gasteiger partial charge in [0, 0.05) is 25.6 Å². The molecule has 1 N–H and O–H groups in total. The number of nitrogens with one attached hydrogen (secondary N) is 1. The van der Waals surface area contributed by atoms with Crippen molar-refractivity contribution in [3.8, 4) is 0 Å². The number of benzene rings is 1. The molecular weight excluding hydrogens is 276 g/mol. The fraction of sp³-hybridized carbons (Fsp3) is 0.556. The number of amides is 2. The number of hydrogen-bond acceptors (Lipinski definition) is 2. The van der Waals surface area contributed by atoms with Crippen molar-refractivity contribution in [2.45, 2.75) is 33.1 Å². The molecule has 4 nitrogen and oxygen atoms in total. The first-order chi connectivity index (χ1) is 10.6. The van der Waals surface area contributed by atoms with E-state index in [1.54, 1.807) is 0 Å². The van der Waals surface area contributed by atoms with Crippen LogP contribution in [-0.2, 0) is 16.0 Å². The maximum atomic E-state index is 12.3. The Kier molecular flexibility index (Phi) is 5.99. The Hall–Kier alpha value is -1.84. The number of nitrogens with zero attached hydrogens (tertiary/aromatic N) is 1. The summed E-state index contributed by atoms with van der Waals surface area (Å²) in [5, 5.41) is 2.99. The van der Waals surface area contributed by atoms with Crippen LogP contribution in [0.1, 0.15) is 32.3 Å². The van der Waals surface area contributed by atoms with Crippen molar-refractivity contribution >= 4 is 11.8 Å². The van der Waals surface area contributed by atoms with Gasteiger partial charge in [0.15, 0.2) is 0 Å². The van der Waals surface area contributed by atoms with Crippen LogP contribution in [0.25, 0.3) is 0 Å². The predicted molar refractivity (Wildman–Crippen MR) is 87.3 cm³/mol. The highest BCUT2D eigenvalue weighted by molar-refractivity contribution is 5.81. The SMILES string of the molecule is CC(C)CNC(=O)C1CCN(C(=O)Cc2ccccc2)CC1. The lowest BCUT2D eigenvalue weighted by Gasteiger charge is -2.31. The van der Waals surface area contributed by atoms with Gasteiger partial charge in [-0.3, -0.25) is 9.59 Å². The van der Waals surface area contributed by atoms with Gasteiger partial charge in [-0.25, -0.2) is 0 Å². The highest BCUT2D eigenvalue weighted by Crippen LogP contribution is 2.18. The Morgan fingerprint density at radius 3 is 2.41 bits per heavy atom. The second-order valence-electron chi connectivity index (χ2n) is 6.46. The first-order valence-corrected chi connectivity index (χ1v) is 8.15. The molecule has 0 saturated carbocycles. The summed E-state index contributed by atoms with van der Waals surface area (Å²) in [4.78, 5) is 26.2. The standard InChI is InChI=1S/C18H26N2O2/c1-14(2)13-19-18(22)16-8-10-20(11-9-16)17(21)12-15-6-4-3-5-7-15/h3-7,14,16H,8-13H2,1-2H3,(H,19,22). The van der Waals surface area contributed by atoms with Crippen LogP contribution in [0.5, 0.6) is 0 Å². The number of likely N-dealkylation sites (tertiary alicyclic amines) is 1. The number of piperidine rings is 1. The van der Waals surface area contributed by atoms with Gasteiger partial charge in [-0.2, -0.15) is 0 Å². The molecule has 1 fully saturated rings. The maximum absolute atomic E-state index is 12.3. The van der Waals surface area contributed by atoms with Crippen molar-refractivity contribution in [2.75, 3.05) is 19.6 Å². The Morgan fingerprint density at radius 1 is 1.18 bits per heavy atom. The third kappa shape index (κ3) is 4.86. The van der Waals surface area contributed by atoms with Crippen LogP contribution in [0.2, 0.25) is 0 Å². The number of rotatable bonds is 5. The fourth-order valence-corrected chi connectivity index (χ4v) is 2.72. The van der Waals surface area contributed by atoms with Crippen LogP contribution in [0.4, 0.5) is 0 Å². The van der Waals surface area contributed by atoms with E-state index in [0.717, 1.165) is 24.9 Å². The van der Waals surface area contributed by atoms with E-state index in [-0.39, 0.29) is 17.7 Å².